The van der Waals surface area contributed by atoms with Crippen molar-refractivity contribution in [1.29, 1.82) is 0 Å². The first kappa shape index (κ1) is 54.1. The monoisotopic (exact) mass is 803 g/mol. The molecule has 0 aliphatic heterocycles. The van der Waals surface area contributed by atoms with Gasteiger partial charge in [0.2, 0.25) is 0 Å². The Hall–Kier alpha value is -0.920. The van der Waals surface area contributed by atoms with Gasteiger partial charge in [-0.3, -0.25) is 13.8 Å². The topological polar surface area (TPSA) is 91.3 Å². The number of phosphoric ester groups is 1. The summed E-state index contributed by atoms with van der Waals surface area (Å²) >= 11 is 0. The molecular formula is C46H93NO7P+. The van der Waals surface area contributed by atoms with Crippen LogP contribution in [0.2, 0.25) is 0 Å². The first-order valence-electron chi connectivity index (χ1n) is 23.5. The molecule has 9 heteroatoms. The fourth-order valence-electron chi connectivity index (χ4n) is 6.76. The Morgan fingerprint density at radius 3 is 1.35 bits per heavy atom. The van der Waals surface area contributed by atoms with Crippen LogP contribution >= 0.6 is 7.82 Å². The standard InChI is InChI=1S/C46H92NO7P/c1-6-8-10-12-14-16-18-20-22-23-24-26-28-30-32-34-36-38-41-51-43-45(44-53-55(49,50)52-42-40-47(3,4)5)54-46(48)39-37-35-33-31-29-27-25-21-19-17-15-13-11-9-7-2/h38,41,45H,6-37,39-40,42-44H2,1-5H3/p+1/b41-38+/t45-/m1/s1. The van der Waals surface area contributed by atoms with Crippen LogP contribution in [-0.4, -0.2) is 69.0 Å². The van der Waals surface area contributed by atoms with E-state index in [9.17, 15) is 14.3 Å². The van der Waals surface area contributed by atoms with Gasteiger partial charge in [0.05, 0.1) is 34.0 Å². The van der Waals surface area contributed by atoms with Gasteiger partial charge in [-0.05, 0) is 25.3 Å². The summed E-state index contributed by atoms with van der Waals surface area (Å²) in [7, 11) is 1.65. The van der Waals surface area contributed by atoms with Crippen molar-refractivity contribution in [1.82, 2.24) is 0 Å². The number of phosphoric acid groups is 1. The minimum atomic E-state index is -4.28. The lowest BCUT2D eigenvalue weighted by Gasteiger charge is -2.24. The van der Waals surface area contributed by atoms with Crippen LogP contribution in [0.25, 0.3) is 0 Å². The quantitative estimate of drug-likeness (QED) is 0.0216. The second-order valence-electron chi connectivity index (χ2n) is 17.2. The average Bonchev–Trinajstić information content (AvgIpc) is 3.13. The first-order valence-corrected chi connectivity index (χ1v) is 25.0. The van der Waals surface area contributed by atoms with Gasteiger partial charge in [0.15, 0.2) is 6.10 Å². The van der Waals surface area contributed by atoms with Gasteiger partial charge in [0.1, 0.15) is 19.8 Å². The molecule has 0 aliphatic rings. The van der Waals surface area contributed by atoms with Crippen LogP contribution in [0.3, 0.4) is 0 Å². The van der Waals surface area contributed by atoms with Crippen molar-refractivity contribution in [2.45, 2.75) is 232 Å². The van der Waals surface area contributed by atoms with Crippen LogP contribution in [0.4, 0.5) is 0 Å². The number of likely N-dealkylation sites (N-methyl/N-ethyl adjacent to an activating group) is 1. The SMILES string of the molecule is CCCCCCCCCCCCCCCCCC/C=C/OC[C@H](COP(=O)(O)OCC[N+](C)(C)C)OC(=O)CCCCCCCCCCCCCCCCC. The van der Waals surface area contributed by atoms with E-state index in [-0.39, 0.29) is 25.8 Å². The third kappa shape index (κ3) is 44.0. The Morgan fingerprint density at radius 1 is 0.564 bits per heavy atom. The lowest BCUT2D eigenvalue weighted by Crippen LogP contribution is -2.37. The van der Waals surface area contributed by atoms with Gasteiger partial charge in [-0.2, -0.15) is 0 Å². The smallest absolute Gasteiger partial charge is 0.472 e. The van der Waals surface area contributed by atoms with Crippen LogP contribution in [0.1, 0.15) is 226 Å². The molecular weight excluding hydrogens is 709 g/mol. The van der Waals surface area contributed by atoms with Gasteiger partial charge < -0.3 is 18.9 Å². The van der Waals surface area contributed by atoms with E-state index in [2.05, 4.69) is 13.8 Å². The normalized spacial score (nSPS) is 13.7. The highest BCUT2D eigenvalue weighted by Gasteiger charge is 2.26. The van der Waals surface area contributed by atoms with Crippen LogP contribution in [0, 0.1) is 0 Å². The molecule has 0 heterocycles. The van der Waals surface area contributed by atoms with E-state index < -0.39 is 13.9 Å². The fourth-order valence-corrected chi connectivity index (χ4v) is 7.50. The number of nitrogens with zero attached hydrogens (tertiary/aromatic N) is 1. The third-order valence-electron chi connectivity index (χ3n) is 10.4. The second-order valence-corrected chi connectivity index (χ2v) is 18.7. The van der Waals surface area contributed by atoms with Crippen LogP contribution in [0.5, 0.6) is 0 Å². The molecule has 0 radical (unpaired) electrons. The molecule has 8 nitrogen and oxygen atoms in total. The number of ether oxygens (including phenoxy) is 2. The molecule has 0 amide bonds. The van der Waals surface area contributed by atoms with E-state index in [1.165, 1.54) is 173 Å². The van der Waals surface area contributed by atoms with E-state index in [4.69, 9.17) is 18.5 Å². The van der Waals surface area contributed by atoms with Crippen molar-refractivity contribution in [3.05, 3.63) is 12.3 Å². The molecule has 0 rings (SSSR count). The van der Waals surface area contributed by atoms with E-state index in [0.717, 1.165) is 32.1 Å². The van der Waals surface area contributed by atoms with Gasteiger partial charge in [-0.25, -0.2) is 4.57 Å². The molecule has 0 fully saturated rings. The van der Waals surface area contributed by atoms with Crippen molar-refractivity contribution < 1.29 is 37.3 Å². The van der Waals surface area contributed by atoms with Crippen molar-refractivity contribution in [2.24, 2.45) is 0 Å². The largest absolute Gasteiger partial charge is 0.498 e. The highest BCUT2D eigenvalue weighted by atomic mass is 31.2. The summed E-state index contributed by atoms with van der Waals surface area (Å²) < 4.78 is 34.8. The molecule has 1 unspecified atom stereocenters. The predicted molar refractivity (Wildman–Crippen MR) is 233 cm³/mol. The molecule has 328 valence electrons. The molecule has 0 spiro atoms. The maximum Gasteiger partial charge on any atom is 0.472 e. The zero-order valence-corrected chi connectivity index (χ0v) is 38.1. The number of esters is 1. The van der Waals surface area contributed by atoms with Gasteiger partial charge in [0.25, 0.3) is 0 Å². The molecule has 0 saturated carbocycles. The van der Waals surface area contributed by atoms with Crippen molar-refractivity contribution >= 4 is 13.8 Å². The number of quaternary nitrogens is 1. The predicted octanol–water partition coefficient (Wildman–Crippen LogP) is 14.2. The summed E-state index contributed by atoms with van der Waals surface area (Å²) in [5, 5.41) is 0. The zero-order chi connectivity index (χ0) is 40.6. The summed E-state index contributed by atoms with van der Waals surface area (Å²) in [6.07, 6.45) is 44.8. The molecule has 0 aliphatic carbocycles. The number of unbranched alkanes of at least 4 members (excludes halogenated alkanes) is 30. The van der Waals surface area contributed by atoms with Crippen molar-refractivity contribution in [3.63, 3.8) is 0 Å². The lowest BCUT2D eigenvalue weighted by molar-refractivity contribution is -0.870. The second kappa shape index (κ2) is 39.9. The summed E-state index contributed by atoms with van der Waals surface area (Å²) in [5.74, 6) is -0.331. The summed E-state index contributed by atoms with van der Waals surface area (Å²) in [5.41, 5.74) is 0. The Bertz CT molecular complexity index is 894. The summed E-state index contributed by atoms with van der Waals surface area (Å²) in [4.78, 5) is 22.9. The van der Waals surface area contributed by atoms with E-state index >= 15 is 0 Å². The van der Waals surface area contributed by atoms with Crippen molar-refractivity contribution in [2.75, 3.05) is 47.5 Å². The minimum Gasteiger partial charge on any atom is -0.498 e. The zero-order valence-electron chi connectivity index (χ0n) is 37.2. The molecule has 0 aromatic carbocycles. The van der Waals surface area contributed by atoms with Crippen LogP contribution in [-0.2, 0) is 27.9 Å². The third-order valence-corrected chi connectivity index (χ3v) is 11.4. The fraction of sp³-hybridized carbons (Fsp3) is 0.935. The van der Waals surface area contributed by atoms with E-state index in [1.54, 1.807) is 6.26 Å². The van der Waals surface area contributed by atoms with E-state index in [0.29, 0.717) is 17.4 Å². The molecule has 0 bridgehead atoms. The molecule has 0 saturated heterocycles. The number of hydrogen-bond donors (Lipinski definition) is 1. The van der Waals surface area contributed by atoms with Crippen molar-refractivity contribution in [3.8, 4) is 0 Å². The molecule has 1 N–H and O–H groups in total. The highest BCUT2D eigenvalue weighted by molar-refractivity contribution is 7.47. The van der Waals surface area contributed by atoms with Gasteiger partial charge in [-0.15, -0.1) is 0 Å². The maximum atomic E-state index is 12.7. The van der Waals surface area contributed by atoms with E-state index in [1.807, 2.05) is 27.2 Å². The Morgan fingerprint density at radius 2 is 0.945 bits per heavy atom. The number of hydrogen-bond acceptors (Lipinski definition) is 6. The maximum absolute atomic E-state index is 12.7. The van der Waals surface area contributed by atoms with Gasteiger partial charge in [-0.1, -0.05) is 200 Å². The Balaban J connectivity index is 4.20. The van der Waals surface area contributed by atoms with Gasteiger partial charge in [0, 0.05) is 6.42 Å². The molecule has 2 atom stereocenters. The molecule has 0 aromatic heterocycles. The lowest BCUT2D eigenvalue weighted by atomic mass is 10.0. The van der Waals surface area contributed by atoms with Gasteiger partial charge >= 0.3 is 13.8 Å². The summed E-state index contributed by atoms with van der Waals surface area (Å²) in [6, 6.07) is 0. The number of rotatable bonds is 44. The molecule has 0 aromatic rings. The number of allylic oxidation sites excluding steroid dienone is 1. The highest BCUT2D eigenvalue weighted by Crippen LogP contribution is 2.43. The minimum absolute atomic E-state index is 0.0545. The first-order chi connectivity index (χ1) is 26.6. The summed E-state index contributed by atoms with van der Waals surface area (Å²) in [6.45, 7) is 4.97. The number of carbonyl (C=O) groups excluding carboxylic acids is 1. The molecule has 55 heavy (non-hydrogen) atoms. The van der Waals surface area contributed by atoms with Crippen LogP contribution < -0.4 is 0 Å². The average molecular weight is 803 g/mol. The Kier molecular flexibility index (Phi) is 39.2. The Labute approximate surface area is 341 Å². The van der Waals surface area contributed by atoms with Crippen LogP contribution in [0.15, 0.2) is 12.3 Å². The number of carbonyl (C=O) groups is 1.